The lowest BCUT2D eigenvalue weighted by Crippen LogP contribution is -2.23. The number of nitrogens with zero attached hydrogens (tertiary/aromatic N) is 2. The predicted octanol–water partition coefficient (Wildman–Crippen LogP) is 4.02. The maximum atomic E-state index is 12.3. The lowest BCUT2D eigenvalue weighted by molar-refractivity contribution is -0.118. The van der Waals surface area contributed by atoms with Crippen molar-refractivity contribution in [2.24, 2.45) is 5.92 Å². The SMILES string of the molecule is CC(C1CC1)n1nccc1NC(=O)COc1cccc2ccccc12. The molecule has 1 unspecified atom stereocenters. The van der Waals surface area contributed by atoms with Gasteiger partial charge in [0.15, 0.2) is 6.61 Å². The first-order valence-corrected chi connectivity index (χ1v) is 8.66. The molecule has 4 rings (SSSR count). The number of carbonyl (C=O) groups excluding carboxylic acids is 1. The van der Waals surface area contributed by atoms with E-state index in [9.17, 15) is 4.79 Å². The molecule has 1 atom stereocenters. The maximum absolute atomic E-state index is 12.3. The largest absolute Gasteiger partial charge is 0.483 e. The van der Waals surface area contributed by atoms with Crippen molar-refractivity contribution in [3.63, 3.8) is 0 Å². The van der Waals surface area contributed by atoms with E-state index in [1.807, 2.05) is 53.2 Å². The minimum Gasteiger partial charge on any atom is -0.483 e. The van der Waals surface area contributed by atoms with Crippen LogP contribution in [0.3, 0.4) is 0 Å². The topological polar surface area (TPSA) is 56.2 Å². The molecule has 1 aromatic heterocycles. The summed E-state index contributed by atoms with van der Waals surface area (Å²) < 4.78 is 7.64. The average Bonchev–Trinajstić information content (AvgIpc) is 3.39. The Kier molecular flexibility index (Phi) is 4.14. The number of hydrogen-bond acceptors (Lipinski definition) is 3. The lowest BCUT2D eigenvalue weighted by Gasteiger charge is -2.15. The highest BCUT2D eigenvalue weighted by Gasteiger charge is 2.30. The molecule has 1 fully saturated rings. The zero-order chi connectivity index (χ0) is 17.2. The first kappa shape index (κ1) is 15.7. The summed E-state index contributed by atoms with van der Waals surface area (Å²) >= 11 is 0. The second kappa shape index (κ2) is 6.59. The summed E-state index contributed by atoms with van der Waals surface area (Å²) in [5.41, 5.74) is 0. The Bertz CT molecular complexity index is 893. The standard InChI is InChI=1S/C20H21N3O2/c1-14(15-9-10-15)23-19(11-12-21-23)22-20(24)13-25-18-8-4-6-16-5-2-3-7-17(16)18/h2-8,11-12,14-15H,9-10,13H2,1H3,(H,22,24). The van der Waals surface area contributed by atoms with E-state index in [2.05, 4.69) is 17.3 Å². The van der Waals surface area contributed by atoms with Crippen molar-refractivity contribution in [2.45, 2.75) is 25.8 Å². The van der Waals surface area contributed by atoms with Gasteiger partial charge in [0.1, 0.15) is 11.6 Å². The second-order valence-corrected chi connectivity index (χ2v) is 6.55. The highest BCUT2D eigenvalue weighted by atomic mass is 16.5. The van der Waals surface area contributed by atoms with Gasteiger partial charge in [-0.15, -0.1) is 0 Å². The maximum Gasteiger partial charge on any atom is 0.263 e. The van der Waals surface area contributed by atoms with Gasteiger partial charge >= 0.3 is 0 Å². The van der Waals surface area contributed by atoms with E-state index in [0.29, 0.717) is 17.7 Å². The van der Waals surface area contributed by atoms with Gasteiger partial charge in [-0.25, -0.2) is 4.68 Å². The molecule has 1 amide bonds. The molecule has 128 valence electrons. The number of fused-ring (bicyclic) bond motifs is 1. The number of nitrogens with one attached hydrogen (secondary N) is 1. The molecule has 1 saturated carbocycles. The number of amides is 1. The fraction of sp³-hybridized carbons (Fsp3) is 0.300. The number of aromatic nitrogens is 2. The summed E-state index contributed by atoms with van der Waals surface area (Å²) in [4.78, 5) is 12.3. The molecule has 2 aromatic carbocycles. The second-order valence-electron chi connectivity index (χ2n) is 6.55. The van der Waals surface area contributed by atoms with E-state index >= 15 is 0 Å². The van der Waals surface area contributed by atoms with Crippen LogP contribution in [0.4, 0.5) is 5.82 Å². The first-order chi connectivity index (χ1) is 12.2. The van der Waals surface area contributed by atoms with Crippen LogP contribution in [0.2, 0.25) is 0 Å². The third-order valence-electron chi connectivity index (χ3n) is 4.74. The van der Waals surface area contributed by atoms with Crippen LogP contribution < -0.4 is 10.1 Å². The summed E-state index contributed by atoms with van der Waals surface area (Å²) in [6.45, 7) is 2.12. The van der Waals surface area contributed by atoms with Gasteiger partial charge in [-0.2, -0.15) is 5.10 Å². The Labute approximate surface area is 146 Å². The molecule has 0 radical (unpaired) electrons. The number of carbonyl (C=O) groups is 1. The van der Waals surface area contributed by atoms with E-state index < -0.39 is 0 Å². The Morgan fingerprint density at radius 2 is 2.04 bits per heavy atom. The molecule has 1 heterocycles. The van der Waals surface area contributed by atoms with Crippen LogP contribution in [0, 0.1) is 5.92 Å². The lowest BCUT2D eigenvalue weighted by atomic mass is 10.1. The minimum atomic E-state index is -0.183. The number of anilines is 1. The normalized spacial score (nSPS) is 15.1. The minimum absolute atomic E-state index is 0.0308. The molecule has 5 heteroatoms. The Morgan fingerprint density at radius 3 is 2.88 bits per heavy atom. The molecular formula is C20H21N3O2. The van der Waals surface area contributed by atoms with Gasteiger partial charge in [0, 0.05) is 11.5 Å². The summed E-state index contributed by atoms with van der Waals surface area (Å²) in [5.74, 6) is 1.93. The number of hydrogen-bond donors (Lipinski definition) is 1. The predicted molar refractivity (Wildman–Crippen MR) is 97.7 cm³/mol. The first-order valence-electron chi connectivity index (χ1n) is 8.66. The molecule has 0 spiro atoms. The molecule has 5 nitrogen and oxygen atoms in total. The van der Waals surface area contributed by atoms with Crippen LogP contribution in [0.25, 0.3) is 10.8 Å². The Balaban J connectivity index is 1.42. The van der Waals surface area contributed by atoms with Crippen molar-refractivity contribution >= 4 is 22.5 Å². The molecule has 25 heavy (non-hydrogen) atoms. The molecular weight excluding hydrogens is 314 g/mol. The molecule has 1 aliphatic carbocycles. The number of benzene rings is 2. The van der Waals surface area contributed by atoms with Crippen molar-refractivity contribution in [1.82, 2.24) is 9.78 Å². The van der Waals surface area contributed by atoms with Crippen LogP contribution in [0.5, 0.6) is 5.75 Å². The highest BCUT2D eigenvalue weighted by Crippen LogP contribution is 2.40. The fourth-order valence-electron chi connectivity index (χ4n) is 3.16. The fourth-order valence-corrected chi connectivity index (χ4v) is 3.16. The zero-order valence-corrected chi connectivity index (χ0v) is 14.2. The van der Waals surface area contributed by atoms with Gasteiger partial charge in [0.05, 0.1) is 12.2 Å². The van der Waals surface area contributed by atoms with Gasteiger partial charge in [-0.3, -0.25) is 4.79 Å². The molecule has 1 N–H and O–H groups in total. The van der Waals surface area contributed by atoms with Crippen LogP contribution in [0.15, 0.2) is 54.7 Å². The van der Waals surface area contributed by atoms with Gasteiger partial charge in [0.2, 0.25) is 0 Å². The molecule has 0 aliphatic heterocycles. The van der Waals surface area contributed by atoms with Crippen LogP contribution in [-0.2, 0) is 4.79 Å². The van der Waals surface area contributed by atoms with Crippen molar-refractivity contribution in [2.75, 3.05) is 11.9 Å². The van der Waals surface area contributed by atoms with E-state index in [4.69, 9.17) is 4.74 Å². The molecule has 1 aliphatic rings. The van der Waals surface area contributed by atoms with Crippen LogP contribution >= 0.6 is 0 Å². The highest BCUT2D eigenvalue weighted by molar-refractivity contribution is 5.92. The molecule has 0 saturated heterocycles. The Morgan fingerprint density at radius 1 is 1.24 bits per heavy atom. The third kappa shape index (κ3) is 3.36. The van der Waals surface area contributed by atoms with E-state index in [1.54, 1.807) is 6.20 Å². The third-order valence-corrected chi connectivity index (χ3v) is 4.74. The monoisotopic (exact) mass is 335 g/mol. The zero-order valence-electron chi connectivity index (χ0n) is 14.2. The van der Waals surface area contributed by atoms with E-state index in [0.717, 1.165) is 16.6 Å². The number of rotatable bonds is 6. The van der Waals surface area contributed by atoms with Crippen molar-refractivity contribution < 1.29 is 9.53 Å². The van der Waals surface area contributed by atoms with Gasteiger partial charge in [0.25, 0.3) is 5.91 Å². The van der Waals surface area contributed by atoms with Gasteiger partial charge in [-0.1, -0.05) is 36.4 Å². The quantitative estimate of drug-likeness (QED) is 0.740. The van der Waals surface area contributed by atoms with Gasteiger partial charge in [-0.05, 0) is 37.1 Å². The summed E-state index contributed by atoms with van der Waals surface area (Å²) in [6, 6.07) is 16.0. The van der Waals surface area contributed by atoms with E-state index in [1.165, 1.54) is 12.8 Å². The molecule has 3 aromatic rings. The van der Waals surface area contributed by atoms with Crippen LogP contribution in [-0.4, -0.2) is 22.3 Å². The smallest absolute Gasteiger partial charge is 0.263 e. The summed E-state index contributed by atoms with van der Waals surface area (Å²) in [5, 5.41) is 9.36. The van der Waals surface area contributed by atoms with Gasteiger partial charge < -0.3 is 10.1 Å². The van der Waals surface area contributed by atoms with Crippen molar-refractivity contribution in [3.05, 3.63) is 54.7 Å². The summed E-state index contributed by atoms with van der Waals surface area (Å²) in [7, 11) is 0. The number of ether oxygens (including phenoxy) is 1. The van der Waals surface area contributed by atoms with Crippen LogP contribution in [0.1, 0.15) is 25.8 Å². The molecule has 0 bridgehead atoms. The van der Waals surface area contributed by atoms with Crippen molar-refractivity contribution in [1.29, 1.82) is 0 Å². The average molecular weight is 335 g/mol. The summed E-state index contributed by atoms with van der Waals surface area (Å²) in [6.07, 6.45) is 4.19. The van der Waals surface area contributed by atoms with E-state index in [-0.39, 0.29) is 12.5 Å². The van der Waals surface area contributed by atoms with Crippen molar-refractivity contribution in [3.8, 4) is 5.75 Å². The Hall–Kier alpha value is -2.82.